The van der Waals surface area contributed by atoms with E-state index in [0.29, 0.717) is 35.7 Å². The first-order valence-corrected chi connectivity index (χ1v) is 10.6. The molecule has 27 heavy (non-hydrogen) atoms. The molecule has 146 valence electrons. The Labute approximate surface area is 169 Å². The SMILES string of the molecule is CCNC(=NCc1c(O)ccc2c1CCCC2)NCC(O)c1ccc(Cl)s1. The number of aliphatic imine (C=N–C) groups is 1. The fourth-order valence-corrected chi connectivity index (χ4v) is 4.42. The Balaban J connectivity index is 1.69. The van der Waals surface area contributed by atoms with Gasteiger partial charge < -0.3 is 20.8 Å². The van der Waals surface area contributed by atoms with Crippen LogP contribution in [0.25, 0.3) is 0 Å². The number of halogens is 1. The molecule has 1 aliphatic carbocycles. The molecule has 0 amide bonds. The number of aromatic hydroxyl groups is 1. The van der Waals surface area contributed by atoms with Crippen LogP contribution >= 0.6 is 22.9 Å². The van der Waals surface area contributed by atoms with E-state index in [1.165, 1.54) is 28.9 Å². The van der Waals surface area contributed by atoms with Gasteiger partial charge in [-0.15, -0.1) is 11.3 Å². The molecule has 4 N–H and O–H groups in total. The number of guanidine groups is 1. The summed E-state index contributed by atoms with van der Waals surface area (Å²) >= 11 is 7.31. The van der Waals surface area contributed by atoms with Gasteiger partial charge in [-0.2, -0.15) is 0 Å². The number of rotatable bonds is 6. The van der Waals surface area contributed by atoms with Crippen LogP contribution in [-0.2, 0) is 19.4 Å². The highest BCUT2D eigenvalue weighted by atomic mass is 35.5. The highest BCUT2D eigenvalue weighted by molar-refractivity contribution is 7.16. The predicted octanol–water partition coefficient (Wildman–Crippen LogP) is 3.77. The second kappa shape index (κ2) is 9.44. The third-order valence-electron chi connectivity index (χ3n) is 4.75. The van der Waals surface area contributed by atoms with Gasteiger partial charge in [-0.25, -0.2) is 4.99 Å². The minimum absolute atomic E-state index is 0.309. The molecule has 2 aromatic rings. The van der Waals surface area contributed by atoms with E-state index < -0.39 is 6.10 Å². The quantitative estimate of drug-likeness (QED) is 0.434. The summed E-state index contributed by atoms with van der Waals surface area (Å²) in [6.07, 6.45) is 3.77. The van der Waals surface area contributed by atoms with Gasteiger partial charge in [-0.05, 0) is 61.9 Å². The average Bonchev–Trinajstić information content (AvgIpc) is 3.11. The van der Waals surface area contributed by atoms with E-state index in [9.17, 15) is 10.2 Å². The first kappa shape index (κ1) is 20.0. The van der Waals surface area contributed by atoms with E-state index >= 15 is 0 Å². The van der Waals surface area contributed by atoms with Gasteiger partial charge in [0.05, 0.1) is 10.9 Å². The molecular weight excluding hydrogens is 382 g/mol. The van der Waals surface area contributed by atoms with Gasteiger partial charge in [0.1, 0.15) is 11.9 Å². The van der Waals surface area contributed by atoms with Gasteiger partial charge in [0.2, 0.25) is 0 Å². The molecule has 7 heteroatoms. The maximum atomic E-state index is 10.3. The predicted molar refractivity (Wildman–Crippen MR) is 112 cm³/mol. The van der Waals surface area contributed by atoms with Crippen LogP contribution in [0.1, 0.15) is 47.4 Å². The topological polar surface area (TPSA) is 76.9 Å². The number of nitrogens with zero attached hydrogens (tertiary/aromatic N) is 1. The van der Waals surface area contributed by atoms with Gasteiger partial charge in [0.15, 0.2) is 5.96 Å². The Bertz CT molecular complexity index is 807. The summed E-state index contributed by atoms with van der Waals surface area (Å²) < 4.78 is 0.661. The van der Waals surface area contributed by atoms with Crippen molar-refractivity contribution in [3.8, 4) is 5.75 Å². The van der Waals surface area contributed by atoms with Gasteiger partial charge in [-0.3, -0.25) is 0 Å². The van der Waals surface area contributed by atoms with Crippen molar-refractivity contribution >= 4 is 28.9 Å². The van der Waals surface area contributed by atoms with Crippen molar-refractivity contribution < 1.29 is 10.2 Å². The summed E-state index contributed by atoms with van der Waals surface area (Å²) in [4.78, 5) is 5.44. The van der Waals surface area contributed by atoms with E-state index in [1.54, 1.807) is 12.1 Å². The van der Waals surface area contributed by atoms with Crippen LogP contribution in [0.3, 0.4) is 0 Å². The number of aliphatic hydroxyl groups excluding tert-OH is 1. The summed E-state index contributed by atoms with van der Waals surface area (Å²) in [6.45, 7) is 3.45. The monoisotopic (exact) mass is 407 g/mol. The number of hydrogen-bond donors (Lipinski definition) is 4. The number of thiophene rings is 1. The van der Waals surface area contributed by atoms with Crippen molar-refractivity contribution in [2.45, 2.75) is 45.3 Å². The highest BCUT2D eigenvalue weighted by Gasteiger charge is 2.16. The summed E-state index contributed by atoms with van der Waals surface area (Å²) in [5.41, 5.74) is 3.48. The number of phenolic OH excluding ortho intramolecular Hbond substituents is 1. The lowest BCUT2D eigenvalue weighted by molar-refractivity contribution is 0.184. The Morgan fingerprint density at radius 1 is 1.22 bits per heavy atom. The lowest BCUT2D eigenvalue weighted by Gasteiger charge is -2.20. The maximum Gasteiger partial charge on any atom is 0.191 e. The zero-order valence-electron chi connectivity index (χ0n) is 15.5. The second-order valence-corrected chi connectivity index (χ2v) is 8.39. The van der Waals surface area contributed by atoms with E-state index in [-0.39, 0.29) is 0 Å². The van der Waals surface area contributed by atoms with Crippen molar-refractivity contribution in [2.24, 2.45) is 4.99 Å². The third kappa shape index (κ3) is 5.15. The molecule has 0 saturated carbocycles. The zero-order valence-corrected chi connectivity index (χ0v) is 17.0. The Hall–Kier alpha value is -1.76. The number of benzene rings is 1. The van der Waals surface area contributed by atoms with Gasteiger partial charge >= 0.3 is 0 Å². The Morgan fingerprint density at radius 2 is 2.04 bits per heavy atom. The summed E-state index contributed by atoms with van der Waals surface area (Å²) in [6, 6.07) is 7.42. The Morgan fingerprint density at radius 3 is 2.78 bits per heavy atom. The standard InChI is InChI=1S/C20H26ClN3O2S/c1-2-22-20(24-12-17(26)18-9-10-19(21)27-18)23-11-15-14-6-4-3-5-13(14)7-8-16(15)25/h7-10,17,25-26H,2-6,11-12H2,1H3,(H2,22,23,24). The molecule has 0 fully saturated rings. The smallest absolute Gasteiger partial charge is 0.191 e. The molecule has 3 rings (SSSR count). The molecular formula is C20H26ClN3O2S. The lowest BCUT2D eigenvalue weighted by Crippen LogP contribution is -2.39. The molecule has 0 radical (unpaired) electrons. The molecule has 1 aromatic carbocycles. The largest absolute Gasteiger partial charge is 0.508 e. The number of aliphatic hydroxyl groups is 1. The van der Waals surface area contributed by atoms with Crippen LogP contribution in [0.15, 0.2) is 29.3 Å². The van der Waals surface area contributed by atoms with Crippen molar-refractivity contribution in [3.05, 3.63) is 50.2 Å². The lowest BCUT2D eigenvalue weighted by atomic mass is 9.88. The fourth-order valence-electron chi connectivity index (χ4n) is 3.37. The third-order valence-corrected chi connectivity index (χ3v) is 6.08. The highest BCUT2D eigenvalue weighted by Crippen LogP contribution is 2.31. The van der Waals surface area contributed by atoms with Crippen LogP contribution in [0.2, 0.25) is 4.34 Å². The normalized spacial score (nSPS) is 15.3. The molecule has 1 aromatic heterocycles. The van der Waals surface area contributed by atoms with Crippen LogP contribution in [0.4, 0.5) is 0 Å². The number of aryl methyl sites for hydroxylation is 1. The maximum absolute atomic E-state index is 10.3. The van der Waals surface area contributed by atoms with Crippen molar-refractivity contribution in [3.63, 3.8) is 0 Å². The number of hydrogen-bond acceptors (Lipinski definition) is 4. The Kier molecular flexibility index (Phi) is 6.99. The van der Waals surface area contributed by atoms with Crippen LogP contribution in [0, 0.1) is 0 Å². The molecule has 0 saturated heterocycles. The second-order valence-electron chi connectivity index (χ2n) is 6.64. The van der Waals surface area contributed by atoms with Crippen LogP contribution in [-0.4, -0.2) is 29.3 Å². The summed E-state index contributed by atoms with van der Waals surface area (Å²) in [5, 5.41) is 27.0. The van der Waals surface area contributed by atoms with E-state index in [4.69, 9.17) is 11.6 Å². The van der Waals surface area contributed by atoms with Gasteiger partial charge in [-0.1, -0.05) is 17.7 Å². The minimum Gasteiger partial charge on any atom is -0.508 e. The van der Waals surface area contributed by atoms with Gasteiger partial charge in [0.25, 0.3) is 0 Å². The molecule has 0 aliphatic heterocycles. The van der Waals surface area contributed by atoms with Crippen molar-refractivity contribution in [1.29, 1.82) is 0 Å². The van der Waals surface area contributed by atoms with Gasteiger partial charge in [0, 0.05) is 23.5 Å². The number of nitrogens with one attached hydrogen (secondary N) is 2. The molecule has 5 nitrogen and oxygen atoms in total. The molecule has 1 aliphatic rings. The van der Waals surface area contributed by atoms with Crippen molar-refractivity contribution in [2.75, 3.05) is 13.1 Å². The summed E-state index contributed by atoms with van der Waals surface area (Å²) in [7, 11) is 0. The first-order chi connectivity index (χ1) is 13.1. The number of fused-ring (bicyclic) bond motifs is 1. The van der Waals surface area contributed by atoms with E-state index in [0.717, 1.165) is 29.7 Å². The molecule has 0 spiro atoms. The number of phenols is 1. The summed E-state index contributed by atoms with van der Waals surface area (Å²) in [5.74, 6) is 0.926. The molecule has 1 heterocycles. The minimum atomic E-state index is -0.649. The van der Waals surface area contributed by atoms with E-state index in [1.807, 2.05) is 19.1 Å². The molecule has 0 bridgehead atoms. The first-order valence-electron chi connectivity index (χ1n) is 9.36. The average molecular weight is 408 g/mol. The molecule has 1 unspecified atom stereocenters. The van der Waals surface area contributed by atoms with E-state index in [2.05, 4.69) is 15.6 Å². The van der Waals surface area contributed by atoms with Crippen molar-refractivity contribution in [1.82, 2.24) is 10.6 Å². The van der Waals surface area contributed by atoms with Crippen LogP contribution < -0.4 is 10.6 Å². The van der Waals surface area contributed by atoms with Crippen LogP contribution in [0.5, 0.6) is 5.75 Å². The zero-order chi connectivity index (χ0) is 19.2. The molecule has 1 atom stereocenters. The fraction of sp³-hybridized carbons (Fsp3) is 0.450.